The van der Waals surface area contributed by atoms with Crippen LogP contribution in [0, 0.1) is 0 Å². The van der Waals surface area contributed by atoms with Gasteiger partial charge in [-0.1, -0.05) is 0 Å². The van der Waals surface area contributed by atoms with Crippen molar-refractivity contribution in [3.8, 4) is 0 Å². The van der Waals surface area contributed by atoms with Gasteiger partial charge in [-0.15, -0.1) is 0 Å². The van der Waals surface area contributed by atoms with E-state index in [0.29, 0.717) is 0 Å². The Morgan fingerprint density at radius 3 is 0.857 bits per heavy atom. The summed E-state index contributed by atoms with van der Waals surface area (Å²) in [4.78, 5) is 0. The van der Waals surface area contributed by atoms with E-state index in [1.165, 1.54) is 0 Å². The van der Waals surface area contributed by atoms with Crippen LogP contribution in [0.5, 0.6) is 0 Å². The van der Waals surface area contributed by atoms with Crippen molar-refractivity contribution in [3.63, 3.8) is 0 Å². The maximum atomic E-state index is 2.75. The second-order valence-corrected chi connectivity index (χ2v) is 0.500. The van der Waals surface area contributed by atoms with E-state index in [1.807, 2.05) is 14.1 Å². The summed E-state index contributed by atoms with van der Waals surface area (Å²) in [6, 6.07) is 0. The van der Waals surface area contributed by atoms with E-state index in [-0.39, 0.29) is 35.8 Å². The molecular formula is C2H13AlN4. The van der Waals surface area contributed by atoms with E-state index in [1.54, 1.807) is 0 Å². The molecule has 44 valence electrons. The summed E-state index contributed by atoms with van der Waals surface area (Å²) >= 11 is 0. The topological polar surface area (TPSA) is 113 Å². The normalized spacial score (nSPS) is 2.57. The SMILES string of the molecule is CNC.[Al+3].[NH2-].[NH2-].[NH2-]. The molecule has 0 aliphatic rings. The smallest absolute Gasteiger partial charge is 0.693 e. The van der Waals surface area contributed by atoms with Gasteiger partial charge in [-0.05, 0) is 14.1 Å². The van der Waals surface area contributed by atoms with Crippen LogP contribution in [-0.4, -0.2) is 31.5 Å². The van der Waals surface area contributed by atoms with E-state index in [9.17, 15) is 0 Å². The number of hydrogen-bond acceptors (Lipinski definition) is 1. The molecule has 0 spiro atoms. The van der Waals surface area contributed by atoms with Gasteiger partial charge < -0.3 is 23.8 Å². The molecule has 0 rings (SSSR count). The van der Waals surface area contributed by atoms with Crippen molar-refractivity contribution in [1.82, 2.24) is 5.32 Å². The first-order valence-corrected chi connectivity index (χ1v) is 1.00. The van der Waals surface area contributed by atoms with Gasteiger partial charge in [-0.25, -0.2) is 0 Å². The maximum Gasteiger partial charge on any atom is 3.00 e. The van der Waals surface area contributed by atoms with Gasteiger partial charge in [0.15, 0.2) is 0 Å². The molecule has 0 aromatic carbocycles. The van der Waals surface area contributed by atoms with E-state index < -0.39 is 0 Å². The quantitative estimate of drug-likeness (QED) is 0.481. The number of hydrogen-bond donors (Lipinski definition) is 1. The van der Waals surface area contributed by atoms with Crippen molar-refractivity contribution < 1.29 is 0 Å². The molecule has 0 radical (unpaired) electrons. The maximum absolute atomic E-state index is 2.75. The fourth-order valence-corrected chi connectivity index (χ4v) is 0. The van der Waals surface area contributed by atoms with Crippen molar-refractivity contribution in [2.45, 2.75) is 0 Å². The minimum absolute atomic E-state index is 0. The molecule has 0 amide bonds. The molecule has 0 bridgehead atoms. The number of nitrogens with two attached hydrogens (primary N) is 3. The molecule has 0 saturated carbocycles. The van der Waals surface area contributed by atoms with Crippen LogP contribution in [-0.2, 0) is 0 Å². The van der Waals surface area contributed by atoms with Crippen LogP contribution in [0.15, 0.2) is 0 Å². The van der Waals surface area contributed by atoms with Gasteiger partial charge >= 0.3 is 17.4 Å². The van der Waals surface area contributed by atoms with Crippen LogP contribution in [0.4, 0.5) is 0 Å². The Hall–Kier alpha value is 0.372. The Bertz CT molecular complexity index is 9.65. The van der Waals surface area contributed by atoms with Crippen molar-refractivity contribution in [3.05, 3.63) is 18.5 Å². The molecule has 0 fully saturated rings. The average molecular weight is 120 g/mol. The van der Waals surface area contributed by atoms with Crippen LogP contribution in [0.2, 0.25) is 0 Å². The molecule has 0 aliphatic heterocycles. The Balaban J connectivity index is -0.00000000333. The molecule has 0 aromatic rings. The first kappa shape index (κ1) is 53.2. The zero-order valence-corrected chi connectivity index (χ0v) is 5.96. The molecular weight excluding hydrogens is 107 g/mol. The Labute approximate surface area is 55.9 Å². The van der Waals surface area contributed by atoms with Crippen LogP contribution in [0.1, 0.15) is 0 Å². The van der Waals surface area contributed by atoms with E-state index in [4.69, 9.17) is 0 Å². The third kappa shape index (κ3) is 878. The van der Waals surface area contributed by atoms with Crippen LogP contribution in [0.3, 0.4) is 0 Å². The van der Waals surface area contributed by atoms with E-state index in [2.05, 4.69) is 5.32 Å². The van der Waals surface area contributed by atoms with Gasteiger partial charge in [-0.2, -0.15) is 0 Å². The predicted octanol–water partition coefficient (Wildman–Crippen LogP) is 1.61. The standard InChI is InChI=1S/C2H7N.Al.3H2N/c1-3-2;;;;/h3H,1-2H3;;3*1H2/q;+3;3*-1. The predicted molar refractivity (Wildman–Crippen MR) is 36.6 cm³/mol. The third-order valence-corrected chi connectivity index (χ3v) is 0. The first-order chi connectivity index (χ1) is 1.41. The number of nitrogens with one attached hydrogen (secondary N) is 1. The fourth-order valence-electron chi connectivity index (χ4n) is 0. The van der Waals surface area contributed by atoms with Gasteiger partial charge in [0.25, 0.3) is 0 Å². The van der Waals surface area contributed by atoms with E-state index >= 15 is 0 Å². The van der Waals surface area contributed by atoms with Gasteiger partial charge in [0, 0.05) is 0 Å². The minimum Gasteiger partial charge on any atom is -0.693 e. The van der Waals surface area contributed by atoms with Gasteiger partial charge in [0.2, 0.25) is 0 Å². The molecule has 0 atom stereocenters. The molecule has 0 saturated heterocycles. The van der Waals surface area contributed by atoms with E-state index in [0.717, 1.165) is 0 Å². The van der Waals surface area contributed by atoms with Crippen molar-refractivity contribution >= 4 is 17.4 Å². The summed E-state index contributed by atoms with van der Waals surface area (Å²) in [7, 11) is 3.75. The van der Waals surface area contributed by atoms with Gasteiger partial charge in [-0.3, -0.25) is 0 Å². The molecule has 7 heavy (non-hydrogen) atoms. The molecule has 0 aliphatic carbocycles. The summed E-state index contributed by atoms with van der Waals surface area (Å²) in [6.07, 6.45) is 0. The summed E-state index contributed by atoms with van der Waals surface area (Å²) in [5, 5.41) is 2.75. The third-order valence-electron chi connectivity index (χ3n) is 0. The molecule has 7 N–H and O–H groups in total. The van der Waals surface area contributed by atoms with Crippen LogP contribution < -0.4 is 5.32 Å². The Morgan fingerprint density at radius 1 is 0.857 bits per heavy atom. The summed E-state index contributed by atoms with van der Waals surface area (Å²) < 4.78 is 0. The summed E-state index contributed by atoms with van der Waals surface area (Å²) in [5.74, 6) is 0. The molecule has 4 nitrogen and oxygen atoms in total. The monoisotopic (exact) mass is 120 g/mol. The van der Waals surface area contributed by atoms with Crippen molar-refractivity contribution in [2.24, 2.45) is 0 Å². The second kappa shape index (κ2) is 97.6. The summed E-state index contributed by atoms with van der Waals surface area (Å²) in [6.45, 7) is 0. The molecule has 0 unspecified atom stereocenters. The Kier molecular flexibility index (Phi) is 742. The molecule has 5 heteroatoms. The largest absolute Gasteiger partial charge is 3.00 e. The van der Waals surface area contributed by atoms with Gasteiger partial charge in [0.05, 0.1) is 0 Å². The van der Waals surface area contributed by atoms with Crippen molar-refractivity contribution in [1.29, 1.82) is 0 Å². The second-order valence-electron chi connectivity index (χ2n) is 0.500. The number of rotatable bonds is 0. The van der Waals surface area contributed by atoms with Gasteiger partial charge in [0.1, 0.15) is 0 Å². The molecule has 0 heterocycles. The fraction of sp³-hybridized carbons (Fsp3) is 1.00. The Morgan fingerprint density at radius 2 is 0.857 bits per heavy atom. The average Bonchev–Trinajstić information content (AvgIpc) is 0.918. The zero-order chi connectivity index (χ0) is 2.71. The van der Waals surface area contributed by atoms with Crippen LogP contribution >= 0.6 is 0 Å². The minimum atomic E-state index is 0. The first-order valence-electron chi connectivity index (χ1n) is 1.00. The van der Waals surface area contributed by atoms with Crippen molar-refractivity contribution in [2.75, 3.05) is 14.1 Å². The van der Waals surface area contributed by atoms with Crippen LogP contribution in [0.25, 0.3) is 18.5 Å². The molecule has 0 aromatic heterocycles. The zero-order valence-electron chi connectivity index (χ0n) is 4.81. The summed E-state index contributed by atoms with van der Waals surface area (Å²) in [5.41, 5.74) is 0.